The lowest BCUT2D eigenvalue weighted by Crippen LogP contribution is -2.11. The van der Waals surface area contributed by atoms with Crippen molar-refractivity contribution in [3.05, 3.63) is 94.5 Å². The largest absolute Gasteiger partial charge is 0.427 e. The molecule has 0 bridgehead atoms. The molecule has 0 heterocycles. The lowest BCUT2D eigenvalue weighted by Gasteiger charge is -2.10. The highest BCUT2D eigenvalue weighted by Gasteiger charge is 2.11. The standard InChI is InChI=1S/C29H32O4/c1-4-22-6-10-24(11-7-22)14-18-28(30)32-26-16-17-27(21(3)20-26)33-29(31)19-15-25-12-8-23(5-2)9-13-25/h6-13,16-17,20H,4-5,14-15,18-19H2,1-3H3. The molecule has 172 valence electrons. The van der Waals surface area contributed by atoms with Crippen molar-refractivity contribution >= 4 is 11.9 Å². The molecule has 0 aliphatic carbocycles. The number of benzene rings is 3. The van der Waals surface area contributed by atoms with E-state index in [1.165, 1.54) is 11.1 Å². The number of carbonyl (C=O) groups excluding carboxylic acids is 2. The van der Waals surface area contributed by atoms with Crippen molar-refractivity contribution in [2.45, 2.75) is 59.3 Å². The summed E-state index contributed by atoms with van der Waals surface area (Å²) in [6.07, 6.45) is 3.89. The molecule has 0 atom stereocenters. The third kappa shape index (κ3) is 7.60. The zero-order chi connectivity index (χ0) is 23.6. The Morgan fingerprint density at radius 3 is 1.55 bits per heavy atom. The first-order chi connectivity index (χ1) is 16.0. The second-order valence-electron chi connectivity index (χ2n) is 8.22. The van der Waals surface area contributed by atoms with Gasteiger partial charge in [-0.2, -0.15) is 0 Å². The molecule has 3 aromatic rings. The van der Waals surface area contributed by atoms with Crippen LogP contribution in [0.4, 0.5) is 0 Å². The van der Waals surface area contributed by atoms with Gasteiger partial charge in [-0.25, -0.2) is 0 Å². The molecule has 3 rings (SSSR count). The van der Waals surface area contributed by atoms with Gasteiger partial charge >= 0.3 is 11.9 Å². The fourth-order valence-corrected chi connectivity index (χ4v) is 3.53. The van der Waals surface area contributed by atoms with Crippen LogP contribution in [0.2, 0.25) is 0 Å². The topological polar surface area (TPSA) is 52.6 Å². The molecule has 0 amide bonds. The number of ether oxygens (including phenoxy) is 2. The van der Waals surface area contributed by atoms with E-state index in [1.807, 2.05) is 6.92 Å². The van der Waals surface area contributed by atoms with Crippen LogP contribution in [-0.4, -0.2) is 11.9 Å². The van der Waals surface area contributed by atoms with Gasteiger partial charge in [0, 0.05) is 12.8 Å². The molecule has 0 aliphatic rings. The predicted octanol–water partition coefficient (Wildman–Crippen LogP) is 6.20. The van der Waals surface area contributed by atoms with Crippen LogP contribution in [0.15, 0.2) is 66.7 Å². The van der Waals surface area contributed by atoms with Crippen molar-refractivity contribution in [3.8, 4) is 11.5 Å². The van der Waals surface area contributed by atoms with E-state index < -0.39 is 0 Å². The smallest absolute Gasteiger partial charge is 0.311 e. The summed E-state index contributed by atoms with van der Waals surface area (Å²) in [5.74, 6) is 0.371. The van der Waals surface area contributed by atoms with E-state index in [1.54, 1.807) is 18.2 Å². The van der Waals surface area contributed by atoms with Crippen molar-refractivity contribution in [3.63, 3.8) is 0 Å². The number of hydrogen-bond donors (Lipinski definition) is 0. The van der Waals surface area contributed by atoms with E-state index in [0.717, 1.165) is 29.5 Å². The molecule has 0 spiro atoms. The first-order valence-electron chi connectivity index (χ1n) is 11.6. The van der Waals surface area contributed by atoms with E-state index in [9.17, 15) is 9.59 Å². The lowest BCUT2D eigenvalue weighted by atomic mass is 10.1. The van der Waals surface area contributed by atoms with E-state index in [0.29, 0.717) is 37.2 Å². The van der Waals surface area contributed by atoms with Gasteiger partial charge in [-0.1, -0.05) is 62.4 Å². The van der Waals surface area contributed by atoms with Gasteiger partial charge in [-0.15, -0.1) is 0 Å². The SMILES string of the molecule is CCc1ccc(CCC(=O)Oc2ccc(OC(=O)CCc3ccc(CC)cc3)c(C)c2)cc1. The number of hydrogen-bond acceptors (Lipinski definition) is 4. The number of aryl methyl sites for hydroxylation is 5. The second-order valence-corrected chi connectivity index (χ2v) is 8.22. The van der Waals surface area contributed by atoms with Crippen LogP contribution in [0.3, 0.4) is 0 Å². The van der Waals surface area contributed by atoms with E-state index >= 15 is 0 Å². The highest BCUT2D eigenvalue weighted by molar-refractivity contribution is 5.74. The Labute approximate surface area is 196 Å². The van der Waals surface area contributed by atoms with Gasteiger partial charge in [0.05, 0.1) is 0 Å². The van der Waals surface area contributed by atoms with Crippen LogP contribution in [0.25, 0.3) is 0 Å². The number of rotatable bonds is 10. The zero-order valence-electron chi connectivity index (χ0n) is 19.7. The molecule has 0 radical (unpaired) electrons. The first kappa shape index (κ1) is 24.2. The molecule has 0 saturated carbocycles. The molecule has 0 unspecified atom stereocenters. The van der Waals surface area contributed by atoms with Crippen molar-refractivity contribution in [2.24, 2.45) is 0 Å². The lowest BCUT2D eigenvalue weighted by molar-refractivity contribution is -0.135. The third-order valence-corrected chi connectivity index (χ3v) is 5.70. The zero-order valence-corrected chi connectivity index (χ0v) is 19.7. The van der Waals surface area contributed by atoms with E-state index in [4.69, 9.17) is 9.47 Å². The highest BCUT2D eigenvalue weighted by atomic mass is 16.5. The summed E-state index contributed by atoms with van der Waals surface area (Å²) in [6, 6.07) is 21.6. The van der Waals surface area contributed by atoms with Gasteiger partial charge < -0.3 is 9.47 Å². The minimum Gasteiger partial charge on any atom is -0.427 e. The second kappa shape index (κ2) is 12.0. The highest BCUT2D eigenvalue weighted by Crippen LogP contribution is 2.24. The van der Waals surface area contributed by atoms with E-state index in [2.05, 4.69) is 62.4 Å². The Balaban J connectivity index is 1.46. The molecule has 33 heavy (non-hydrogen) atoms. The average molecular weight is 445 g/mol. The normalized spacial score (nSPS) is 10.6. The van der Waals surface area contributed by atoms with Crippen molar-refractivity contribution in [2.75, 3.05) is 0 Å². The van der Waals surface area contributed by atoms with Crippen LogP contribution in [0.1, 0.15) is 54.5 Å². The van der Waals surface area contributed by atoms with Crippen molar-refractivity contribution in [1.29, 1.82) is 0 Å². The van der Waals surface area contributed by atoms with Crippen LogP contribution in [0, 0.1) is 6.92 Å². The van der Waals surface area contributed by atoms with Gasteiger partial charge in [0.2, 0.25) is 0 Å². The molecular weight excluding hydrogens is 412 g/mol. The quantitative estimate of drug-likeness (QED) is 0.276. The van der Waals surface area contributed by atoms with Crippen LogP contribution >= 0.6 is 0 Å². The Hall–Kier alpha value is -3.40. The Bertz CT molecular complexity index is 1070. The van der Waals surface area contributed by atoms with Crippen LogP contribution in [0.5, 0.6) is 11.5 Å². The molecular formula is C29H32O4. The Kier molecular flexibility index (Phi) is 8.82. The average Bonchev–Trinajstić information content (AvgIpc) is 2.84. The van der Waals surface area contributed by atoms with Crippen LogP contribution in [-0.2, 0) is 35.3 Å². The molecule has 0 fully saturated rings. The maximum atomic E-state index is 12.3. The summed E-state index contributed by atoms with van der Waals surface area (Å²) in [6.45, 7) is 6.07. The van der Waals surface area contributed by atoms with Gasteiger partial charge in [0.1, 0.15) is 11.5 Å². The number of carbonyl (C=O) groups is 2. The molecule has 0 aromatic heterocycles. The Morgan fingerprint density at radius 1 is 0.636 bits per heavy atom. The molecule has 0 aliphatic heterocycles. The molecule has 0 N–H and O–H groups in total. The summed E-state index contributed by atoms with van der Waals surface area (Å²) < 4.78 is 11.0. The molecule has 0 saturated heterocycles. The van der Waals surface area contributed by atoms with Crippen LogP contribution < -0.4 is 9.47 Å². The van der Waals surface area contributed by atoms with Gasteiger partial charge in [0.15, 0.2) is 0 Å². The summed E-state index contributed by atoms with van der Waals surface area (Å²) in [5.41, 5.74) is 5.54. The monoisotopic (exact) mass is 444 g/mol. The first-order valence-corrected chi connectivity index (χ1v) is 11.6. The molecule has 3 aromatic carbocycles. The summed E-state index contributed by atoms with van der Waals surface area (Å²) >= 11 is 0. The molecule has 4 nitrogen and oxygen atoms in total. The maximum absolute atomic E-state index is 12.3. The maximum Gasteiger partial charge on any atom is 0.311 e. The minimum atomic E-state index is -0.284. The van der Waals surface area contributed by atoms with Crippen molar-refractivity contribution < 1.29 is 19.1 Å². The summed E-state index contributed by atoms with van der Waals surface area (Å²) in [7, 11) is 0. The van der Waals surface area contributed by atoms with Crippen molar-refractivity contribution in [1.82, 2.24) is 0 Å². The van der Waals surface area contributed by atoms with Gasteiger partial charge in [0.25, 0.3) is 0 Å². The molecule has 4 heteroatoms. The Morgan fingerprint density at radius 2 is 1.09 bits per heavy atom. The number of esters is 2. The predicted molar refractivity (Wildman–Crippen MR) is 131 cm³/mol. The minimum absolute atomic E-state index is 0.281. The summed E-state index contributed by atoms with van der Waals surface area (Å²) in [4.78, 5) is 24.5. The fraction of sp³-hybridized carbons (Fsp3) is 0.310. The fourth-order valence-electron chi connectivity index (χ4n) is 3.53. The van der Waals surface area contributed by atoms with E-state index in [-0.39, 0.29) is 11.9 Å². The third-order valence-electron chi connectivity index (χ3n) is 5.70. The van der Waals surface area contributed by atoms with Gasteiger partial charge in [-0.05, 0) is 78.6 Å². The summed E-state index contributed by atoms with van der Waals surface area (Å²) in [5, 5.41) is 0. The van der Waals surface area contributed by atoms with Gasteiger partial charge in [-0.3, -0.25) is 9.59 Å².